The van der Waals surface area contributed by atoms with Crippen LogP contribution in [0.2, 0.25) is 0 Å². The number of aliphatic hydroxyl groups excluding tert-OH is 1. The lowest BCUT2D eigenvalue weighted by Gasteiger charge is -2.24. The van der Waals surface area contributed by atoms with Gasteiger partial charge in [0.15, 0.2) is 0 Å². The Hall–Kier alpha value is -4.65. The number of nitrogens with zero attached hydrogens (tertiary/aromatic N) is 2. The molecule has 7 nitrogen and oxygen atoms in total. The maximum Gasteiger partial charge on any atom is 0.296 e. The van der Waals surface area contributed by atoms with Crippen molar-refractivity contribution in [2.75, 3.05) is 0 Å². The fourth-order valence-electron chi connectivity index (χ4n) is 4.34. The number of ketones is 1. The van der Waals surface area contributed by atoms with E-state index in [1.54, 1.807) is 60.9 Å². The van der Waals surface area contributed by atoms with Crippen LogP contribution in [-0.2, 0) is 22.7 Å². The molecule has 0 spiro atoms. The number of rotatable bonds is 7. The zero-order valence-corrected chi connectivity index (χ0v) is 19.6. The summed E-state index contributed by atoms with van der Waals surface area (Å²) >= 11 is 0. The van der Waals surface area contributed by atoms with E-state index in [9.17, 15) is 14.7 Å². The molecule has 1 saturated heterocycles. The Morgan fingerprint density at radius 2 is 1.81 bits per heavy atom. The van der Waals surface area contributed by atoms with Crippen LogP contribution in [0.4, 0.5) is 0 Å². The number of hydrogen-bond acceptors (Lipinski definition) is 6. The molecule has 2 aromatic heterocycles. The highest BCUT2D eigenvalue weighted by Crippen LogP contribution is 2.40. The molecule has 0 radical (unpaired) electrons. The van der Waals surface area contributed by atoms with Gasteiger partial charge in [0.25, 0.3) is 11.7 Å². The molecule has 1 amide bonds. The summed E-state index contributed by atoms with van der Waals surface area (Å²) in [4.78, 5) is 31.6. The van der Waals surface area contributed by atoms with Crippen molar-refractivity contribution in [3.8, 4) is 5.75 Å². The van der Waals surface area contributed by atoms with Crippen LogP contribution in [0.3, 0.4) is 0 Å². The van der Waals surface area contributed by atoms with E-state index in [0.29, 0.717) is 29.2 Å². The molecule has 4 aromatic rings. The number of benzene rings is 2. The van der Waals surface area contributed by atoms with Crippen molar-refractivity contribution >= 4 is 17.4 Å². The normalized spacial score (nSPS) is 16.9. The topological polar surface area (TPSA) is 92.9 Å². The quantitative estimate of drug-likeness (QED) is 0.222. The van der Waals surface area contributed by atoms with Gasteiger partial charge in [0.1, 0.15) is 23.9 Å². The summed E-state index contributed by atoms with van der Waals surface area (Å²) < 4.78 is 11.3. The molecular weight excluding hydrogens is 456 g/mol. The lowest BCUT2D eigenvalue weighted by Crippen LogP contribution is -2.29. The first kappa shape index (κ1) is 23.1. The molecule has 1 N–H and O–H groups in total. The molecule has 7 heteroatoms. The van der Waals surface area contributed by atoms with Gasteiger partial charge in [0.2, 0.25) is 0 Å². The number of aromatic nitrogens is 1. The Kier molecular flexibility index (Phi) is 6.36. The van der Waals surface area contributed by atoms with Gasteiger partial charge in [-0.3, -0.25) is 14.6 Å². The molecule has 5 rings (SSSR count). The second kappa shape index (κ2) is 9.92. The molecule has 1 aliphatic heterocycles. The van der Waals surface area contributed by atoms with Crippen LogP contribution < -0.4 is 4.74 Å². The maximum absolute atomic E-state index is 13.1. The number of amides is 1. The first-order valence-electron chi connectivity index (χ1n) is 11.5. The third-order valence-electron chi connectivity index (χ3n) is 6.08. The number of carbonyl (C=O) groups is 2. The summed E-state index contributed by atoms with van der Waals surface area (Å²) in [6, 6.07) is 21.0. The highest BCUT2D eigenvalue weighted by atomic mass is 16.5. The predicted octanol–water partition coefficient (Wildman–Crippen LogP) is 5.18. The molecule has 1 atom stereocenters. The zero-order chi connectivity index (χ0) is 25.1. The van der Waals surface area contributed by atoms with Crippen molar-refractivity contribution in [3.63, 3.8) is 0 Å². The van der Waals surface area contributed by atoms with E-state index < -0.39 is 17.7 Å². The Morgan fingerprint density at radius 1 is 1.03 bits per heavy atom. The lowest BCUT2D eigenvalue weighted by molar-refractivity contribution is -0.140. The van der Waals surface area contributed by atoms with Gasteiger partial charge in [-0.25, -0.2) is 0 Å². The van der Waals surface area contributed by atoms with E-state index >= 15 is 0 Å². The van der Waals surface area contributed by atoms with E-state index in [2.05, 4.69) is 11.1 Å². The van der Waals surface area contributed by atoms with Gasteiger partial charge in [0.05, 0.1) is 24.4 Å². The van der Waals surface area contributed by atoms with Crippen molar-refractivity contribution in [1.29, 1.82) is 0 Å². The lowest BCUT2D eigenvalue weighted by atomic mass is 9.96. The average molecular weight is 481 g/mol. The monoisotopic (exact) mass is 480 g/mol. The van der Waals surface area contributed by atoms with E-state index in [1.807, 2.05) is 25.1 Å². The average Bonchev–Trinajstić information content (AvgIpc) is 3.50. The van der Waals surface area contributed by atoms with E-state index in [-0.39, 0.29) is 17.9 Å². The first-order chi connectivity index (χ1) is 17.5. The highest BCUT2D eigenvalue weighted by molar-refractivity contribution is 6.46. The van der Waals surface area contributed by atoms with Crippen molar-refractivity contribution < 1.29 is 23.8 Å². The van der Waals surface area contributed by atoms with Gasteiger partial charge in [-0.15, -0.1) is 0 Å². The maximum atomic E-state index is 13.1. The molecule has 1 fully saturated rings. The number of hydrogen-bond donors (Lipinski definition) is 1. The largest absolute Gasteiger partial charge is 0.507 e. The van der Waals surface area contributed by atoms with E-state index in [0.717, 1.165) is 11.1 Å². The fourth-order valence-corrected chi connectivity index (χ4v) is 4.34. The van der Waals surface area contributed by atoms with Gasteiger partial charge < -0.3 is 19.2 Å². The smallest absolute Gasteiger partial charge is 0.296 e. The third-order valence-corrected chi connectivity index (χ3v) is 6.08. The second-order valence-electron chi connectivity index (χ2n) is 8.59. The molecule has 1 aliphatic rings. The van der Waals surface area contributed by atoms with Crippen LogP contribution in [0.25, 0.3) is 5.76 Å². The number of aryl methyl sites for hydroxylation is 1. The molecule has 2 aromatic carbocycles. The molecule has 3 heterocycles. The van der Waals surface area contributed by atoms with Crippen molar-refractivity contribution in [1.82, 2.24) is 9.88 Å². The zero-order valence-electron chi connectivity index (χ0n) is 19.6. The van der Waals surface area contributed by atoms with Gasteiger partial charge in [-0.1, -0.05) is 29.8 Å². The first-order valence-corrected chi connectivity index (χ1v) is 11.5. The summed E-state index contributed by atoms with van der Waals surface area (Å²) in [5.74, 6) is -0.543. The Bertz CT molecular complexity index is 1410. The van der Waals surface area contributed by atoms with Crippen molar-refractivity contribution in [2.45, 2.75) is 26.1 Å². The van der Waals surface area contributed by atoms with Gasteiger partial charge in [-0.2, -0.15) is 0 Å². The molecule has 0 aliphatic carbocycles. The van der Waals surface area contributed by atoms with Crippen LogP contribution >= 0.6 is 0 Å². The summed E-state index contributed by atoms with van der Waals surface area (Å²) in [5.41, 5.74) is 3.30. The van der Waals surface area contributed by atoms with Crippen LogP contribution in [0, 0.1) is 6.92 Å². The second-order valence-corrected chi connectivity index (χ2v) is 8.59. The Labute approximate surface area is 208 Å². The number of pyridine rings is 1. The minimum Gasteiger partial charge on any atom is -0.507 e. The fraction of sp³-hybridized carbons (Fsp3) is 0.138. The van der Waals surface area contributed by atoms with Crippen LogP contribution in [0.1, 0.15) is 34.1 Å². The molecule has 0 saturated carbocycles. The van der Waals surface area contributed by atoms with Gasteiger partial charge in [0, 0.05) is 18.0 Å². The van der Waals surface area contributed by atoms with Gasteiger partial charge in [-0.05, 0) is 66.6 Å². The number of ether oxygens (including phenoxy) is 1. The summed E-state index contributed by atoms with van der Waals surface area (Å²) in [5, 5.41) is 11.2. The summed E-state index contributed by atoms with van der Waals surface area (Å²) in [7, 11) is 0. The molecular formula is C29H24N2O5. The van der Waals surface area contributed by atoms with E-state index in [4.69, 9.17) is 9.15 Å². The molecule has 0 bridgehead atoms. The number of furan rings is 1. The highest BCUT2D eigenvalue weighted by Gasteiger charge is 2.46. The van der Waals surface area contributed by atoms with Crippen LogP contribution in [-0.4, -0.2) is 26.7 Å². The van der Waals surface area contributed by atoms with Crippen LogP contribution in [0.15, 0.2) is 101 Å². The minimum atomic E-state index is -0.782. The summed E-state index contributed by atoms with van der Waals surface area (Å²) in [6.07, 6.45) is 4.68. The number of likely N-dealkylation sites (tertiary alicyclic amines) is 1. The van der Waals surface area contributed by atoms with E-state index in [1.165, 1.54) is 11.2 Å². The van der Waals surface area contributed by atoms with Gasteiger partial charge >= 0.3 is 0 Å². The number of carbonyl (C=O) groups excluding carboxylic acids is 2. The Morgan fingerprint density at radius 3 is 2.50 bits per heavy atom. The third kappa shape index (κ3) is 4.63. The molecule has 0 unspecified atom stereocenters. The van der Waals surface area contributed by atoms with Crippen molar-refractivity contribution in [3.05, 3.63) is 125 Å². The number of Topliss-reactive ketones (excluding diaryl/α,β-unsaturated/α-hetero) is 1. The summed E-state index contributed by atoms with van der Waals surface area (Å²) in [6.45, 7) is 2.53. The minimum absolute atomic E-state index is 0.0196. The van der Waals surface area contributed by atoms with Crippen LogP contribution in [0.5, 0.6) is 5.75 Å². The molecule has 180 valence electrons. The van der Waals surface area contributed by atoms with Crippen molar-refractivity contribution in [2.24, 2.45) is 0 Å². The predicted molar refractivity (Wildman–Crippen MR) is 133 cm³/mol. The standard InChI is InChI=1S/C29H24N2O5/c1-19-4-2-5-20(16-19)18-36-23-9-7-22(8-10-23)27(32)25-26(21-11-13-30-14-12-21)31(29(34)28(25)33)17-24-6-3-15-35-24/h2-16,26,32H,17-18H2,1H3/t26-/m0/s1. The number of aliphatic hydroxyl groups is 1. The Balaban J connectivity index is 1.45. The SMILES string of the molecule is Cc1cccc(COc2ccc(C(O)=C3C(=O)C(=O)N(Cc4ccco4)[C@H]3c3ccncc3)cc2)c1. The molecule has 36 heavy (non-hydrogen) atoms.